The Labute approximate surface area is 143 Å². The average Bonchev–Trinajstić information content (AvgIpc) is 3.36. The largest absolute Gasteiger partial charge is 0.495 e. The molecule has 1 saturated carbocycles. The maximum Gasteiger partial charge on any atom is 0.228 e. The van der Waals surface area contributed by atoms with Gasteiger partial charge in [0.25, 0.3) is 0 Å². The lowest BCUT2D eigenvalue weighted by molar-refractivity contribution is -0.135. The van der Waals surface area contributed by atoms with Crippen LogP contribution in [0.5, 0.6) is 5.75 Å². The molecule has 1 aliphatic carbocycles. The summed E-state index contributed by atoms with van der Waals surface area (Å²) in [7, 11) is 1.58. The van der Waals surface area contributed by atoms with Crippen LogP contribution in [0.1, 0.15) is 31.7 Å². The summed E-state index contributed by atoms with van der Waals surface area (Å²) in [5.41, 5.74) is 1.73. The zero-order chi connectivity index (χ0) is 17.3. The second-order valence-corrected chi connectivity index (χ2v) is 7.15. The van der Waals surface area contributed by atoms with Crippen molar-refractivity contribution in [2.75, 3.05) is 25.5 Å². The van der Waals surface area contributed by atoms with Crippen molar-refractivity contribution >= 4 is 17.5 Å². The summed E-state index contributed by atoms with van der Waals surface area (Å²) in [6.07, 6.45) is 2.79. The van der Waals surface area contributed by atoms with E-state index in [9.17, 15) is 9.59 Å². The number of likely N-dealkylation sites (tertiary alicyclic amines) is 1. The van der Waals surface area contributed by atoms with Crippen LogP contribution in [0.15, 0.2) is 18.2 Å². The van der Waals surface area contributed by atoms with E-state index in [1.165, 1.54) is 0 Å². The second-order valence-electron chi connectivity index (χ2n) is 7.15. The quantitative estimate of drug-likeness (QED) is 0.923. The summed E-state index contributed by atoms with van der Waals surface area (Å²) in [4.78, 5) is 26.9. The summed E-state index contributed by atoms with van der Waals surface area (Å²) < 4.78 is 5.29. The molecule has 5 nitrogen and oxygen atoms in total. The van der Waals surface area contributed by atoms with Crippen LogP contribution >= 0.6 is 0 Å². The van der Waals surface area contributed by atoms with Gasteiger partial charge in [0.15, 0.2) is 0 Å². The minimum Gasteiger partial charge on any atom is -0.495 e. The van der Waals surface area contributed by atoms with Crippen molar-refractivity contribution < 1.29 is 14.3 Å². The number of methoxy groups -OCH3 is 1. The Hall–Kier alpha value is -2.04. The van der Waals surface area contributed by atoms with Crippen molar-refractivity contribution in [3.63, 3.8) is 0 Å². The van der Waals surface area contributed by atoms with E-state index in [1.54, 1.807) is 7.11 Å². The number of piperidine rings is 1. The molecule has 1 aromatic carbocycles. The summed E-state index contributed by atoms with van der Waals surface area (Å²) in [5.74, 6) is 1.06. The van der Waals surface area contributed by atoms with Crippen molar-refractivity contribution in [3.8, 4) is 5.75 Å². The molecule has 0 spiro atoms. The number of nitrogens with zero attached hydrogens (tertiary/aromatic N) is 1. The Kier molecular flexibility index (Phi) is 4.78. The SMILES string of the molecule is COc1ccc(C)cc1NC(=O)C1CC1C(=O)N1CCC(C)CC1. The summed E-state index contributed by atoms with van der Waals surface area (Å²) in [6, 6.07) is 5.67. The highest BCUT2D eigenvalue weighted by molar-refractivity contribution is 6.00. The van der Waals surface area contributed by atoms with E-state index in [4.69, 9.17) is 4.74 Å². The molecule has 2 fully saturated rings. The van der Waals surface area contributed by atoms with E-state index in [0.717, 1.165) is 31.5 Å². The van der Waals surface area contributed by atoms with Crippen LogP contribution in [0.3, 0.4) is 0 Å². The number of benzene rings is 1. The molecule has 0 radical (unpaired) electrons. The van der Waals surface area contributed by atoms with E-state index in [0.29, 0.717) is 23.8 Å². The van der Waals surface area contributed by atoms with Gasteiger partial charge in [-0.3, -0.25) is 9.59 Å². The fraction of sp³-hybridized carbons (Fsp3) is 0.579. The number of hydrogen-bond acceptors (Lipinski definition) is 3. The Morgan fingerprint density at radius 3 is 2.58 bits per heavy atom. The maximum atomic E-state index is 12.5. The minimum atomic E-state index is -0.206. The molecule has 3 rings (SSSR count). The van der Waals surface area contributed by atoms with E-state index < -0.39 is 0 Å². The van der Waals surface area contributed by atoms with Crippen molar-refractivity contribution in [1.82, 2.24) is 4.90 Å². The number of ether oxygens (including phenoxy) is 1. The molecule has 2 unspecified atom stereocenters. The lowest BCUT2D eigenvalue weighted by Crippen LogP contribution is -2.39. The number of rotatable bonds is 4. The van der Waals surface area contributed by atoms with E-state index in [1.807, 2.05) is 30.0 Å². The number of amides is 2. The molecule has 2 amide bonds. The molecule has 1 heterocycles. The molecule has 130 valence electrons. The zero-order valence-corrected chi connectivity index (χ0v) is 14.7. The maximum absolute atomic E-state index is 12.5. The van der Waals surface area contributed by atoms with Crippen LogP contribution in [0.4, 0.5) is 5.69 Å². The molecular formula is C19H26N2O3. The third-order valence-corrected chi connectivity index (χ3v) is 5.15. The molecule has 5 heteroatoms. The van der Waals surface area contributed by atoms with Crippen LogP contribution in [-0.2, 0) is 9.59 Å². The Balaban J connectivity index is 1.58. The monoisotopic (exact) mass is 330 g/mol. The first-order valence-electron chi connectivity index (χ1n) is 8.74. The molecule has 0 bridgehead atoms. The normalized spacial score (nSPS) is 23.7. The van der Waals surface area contributed by atoms with Crippen LogP contribution in [-0.4, -0.2) is 36.9 Å². The van der Waals surface area contributed by atoms with Gasteiger partial charge in [-0.1, -0.05) is 13.0 Å². The first-order chi connectivity index (χ1) is 11.5. The fourth-order valence-corrected chi connectivity index (χ4v) is 3.37. The zero-order valence-electron chi connectivity index (χ0n) is 14.7. The van der Waals surface area contributed by atoms with Crippen LogP contribution in [0, 0.1) is 24.7 Å². The van der Waals surface area contributed by atoms with Crippen molar-refractivity contribution in [2.24, 2.45) is 17.8 Å². The highest BCUT2D eigenvalue weighted by Gasteiger charge is 2.49. The first-order valence-corrected chi connectivity index (χ1v) is 8.74. The number of carbonyl (C=O) groups excluding carboxylic acids is 2. The Morgan fingerprint density at radius 1 is 1.21 bits per heavy atom. The Bertz CT molecular complexity index is 635. The minimum absolute atomic E-state index is 0.0809. The van der Waals surface area contributed by atoms with Crippen LogP contribution in [0.25, 0.3) is 0 Å². The lowest BCUT2D eigenvalue weighted by atomic mass is 9.99. The van der Waals surface area contributed by atoms with Gasteiger partial charge in [0, 0.05) is 13.1 Å². The van der Waals surface area contributed by atoms with Crippen molar-refractivity contribution in [2.45, 2.75) is 33.1 Å². The smallest absolute Gasteiger partial charge is 0.228 e. The van der Waals surface area contributed by atoms with Gasteiger partial charge in [0.1, 0.15) is 5.75 Å². The van der Waals surface area contributed by atoms with Crippen LogP contribution < -0.4 is 10.1 Å². The molecule has 24 heavy (non-hydrogen) atoms. The van der Waals surface area contributed by atoms with Gasteiger partial charge in [0.2, 0.25) is 11.8 Å². The topological polar surface area (TPSA) is 58.6 Å². The standard InChI is InChI=1S/C19H26N2O3/c1-12-6-8-21(9-7-12)19(23)15-11-14(15)18(22)20-16-10-13(2)4-5-17(16)24-3/h4-5,10,12,14-15H,6-9,11H2,1-3H3,(H,20,22). The second kappa shape index (κ2) is 6.83. The van der Waals surface area contributed by atoms with E-state index >= 15 is 0 Å². The predicted octanol–water partition coefficient (Wildman–Crippen LogP) is 2.84. The Morgan fingerprint density at radius 2 is 1.92 bits per heavy atom. The van der Waals surface area contributed by atoms with Gasteiger partial charge in [-0.25, -0.2) is 0 Å². The lowest BCUT2D eigenvalue weighted by Gasteiger charge is -2.30. The highest BCUT2D eigenvalue weighted by Crippen LogP contribution is 2.42. The van der Waals surface area contributed by atoms with Gasteiger partial charge in [-0.05, 0) is 49.8 Å². The number of carbonyl (C=O) groups is 2. The molecule has 0 aromatic heterocycles. The third kappa shape index (κ3) is 3.55. The summed E-state index contributed by atoms with van der Waals surface area (Å²) in [5, 5.41) is 2.92. The number of aryl methyl sites for hydroxylation is 1. The van der Waals surface area contributed by atoms with Gasteiger partial charge >= 0.3 is 0 Å². The van der Waals surface area contributed by atoms with Crippen molar-refractivity contribution in [3.05, 3.63) is 23.8 Å². The van der Waals surface area contributed by atoms with Crippen LogP contribution in [0.2, 0.25) is 0 Å². The summed E-state index contributed by atoms with van der Waals surface area (Å²) >= 11 is 0. The van der Waals surface area contributed by atoms with E-state index in [2.05, 4.69) is 12.2 Å². The molecule has 1 N–H and O–H groups in total. The number of hydrogen-bond donors (Lipinski definition) is 1. The summed E-state index contributed by atoms with van der Waals surface area (Å²) in [6.45, 7) is 5.85. The molecule has 2 aliphatic rings. The molecule has 1 aliphatic heterocycles. The molecular weight excluding hydrogens is 304 g/mol. The number of anilines is 1. The fourth-order valence-electron chi connectivity index (χ4n) is 3.37. The van der Waals surface area contributed by atoms with Gasteiger partial charge in [0.05, 0.1) is 24.6 Å². The number of nitrogens with one attached hydrogen (secondary N) is 1. The first kappa shape index (κ1) is 16.8. The van der Waals surface area contributed by atoms with Gasteiger partial charge in [-0.15, -0.1) is 0 Å². The van der Waals surface area contributed by atoms with Gasteiger partial charge in [-0.2, -0.15) is 0 Å². The molecule has 1 saturated heterocycles. The van der Waals surface area contributed by atoms with Gasteiger partial charge < -0.3 is 15.0 Å². The predicted molar refractivity (Wildman–Crippen MR) is 92.9 cm³/mol. The third-order valence-electron chi connectivity index (χ3n) is 5.15. The molecule has 1 aromatic rings. The highest BCUT2D eigenvalue weighted by atomic mass is 16.5. The van der Waals surface area contributed by atoms with Crippen molar-refractivity contribution in [1.29, 1.82) is 0 Å². The average molecular weight is 330 g/mol. The molecule has 2 atom stereocenters. The van der Waals surface area contributed by atoms with E-state index in [-0.39, 0.29) is 23.7 Å².